The van der Waals surface area contributed by atoms with Crippen molar-refractivity contribution in [1.29, 1.82) is 0 Å². The van der Waals surface area contributed by atoms with E-state index >= 15 is 0 Å². The summed E-state index contributed by atoms with van der Waals surface area (Å²) in [6.45, 7) is 0.240. The lowest BCUT2D eigenvalue weighted by atomic mass is 10.00. The van der Waals surface area contributed by atoms with Gasteiger partial charge in [0.05, 0.1) is 22.9 Å². The third-order valence-electron chi connectivity index (χ3n) is 4.01. The van der Waals surface area contributed by atoms with Gasteiger partial charge >= 0.3 is 0 Å². The lowest BCUT2D eigenvalue weighted by molar-refractivity contribution is -0.141. The molecule has 3 rings (SSSR count). The topological polar surface area (TPSA) is 37.4 Å². The summed E-state index contributed by atoms with van der Waals surface area (Å²) < 4.78 is 13.5. The highest BCUT2D eigenvalue weighted by molar-refractivity contribution is 9.10. The summed E-state index contributed by atoms with van der Waals surface area (Å²) in [5, 5.41) is 0. The maximum absolute atomic E-state index is 13.2. The molecule has 0 radical (unpaired) electrons. The van der Waals surface area contributed by atoms with Crippen molar-refractivity contribution in [1.82, 2.24) is 4.90 Å². The number of imide groups is 1. The lowest BCUT2D eigenvalue weighted by Crippen LogP contribution is -2.31. The van der Waals surface area contributed by atoms with Crippen molar-refractivity contribution >= 4 is 27.7 Å². The molecule has 3 nitrogen and oxygen atoms in total. The fraction of sp³-hybridized carbons (Fsp3) is 0.429. The first-order valence-corrected chi connectivity index (χ1v) is 7.16. The zero-order valence-corrected chi connectivity index (χ0v) is 11.8. The Bertz CT molecular complexity index is 538. The second kappa shape index (κ2) is 4.71. The summed E-state index contributed by atoms with van der Waals surface area (Å²) in [5.41, 5.74) is 0.759. The monoisotopic (exact) mass is 325 g/mol. The first-order valence-electron chi connectivity index (χ1n) is 6.37. The highest BCUT2D eigenvalue weighted by Crippen LogP contribution is 2.40. The van der Waals surface area contributed by atoms with Crippen LogP contribution in [0.1, 0.15) is 24.8 Å². The summed E-state index contributed by atoms with van der Waals surface area (Å²) in [6.07, 6.45) is 2.60. The first kappa shape index (κ1) is 12.8. The summed E-state index contributed by atoms with van der Waals surface area (Å²) in [7, 11) is 0. The Morgan fingerprint density at radius 1 is 1.21 bits per heavy atom. The van der Waals surface area contributed by atoms with Crippen molar-refractivity contribution in [2.75, 3.05) is 0 Å². The van der Waals surface area contributed by atoms with Gasteiger partial charge in [0.1, 0.15) is 5.82 Å². The molecule has 1 aliphatic heterocycles. The zero-order chi connectivity index (χ0) is 13.6. The number of halogens is 2. The molecule has 0 N–H and O–H groups in total. The summed E-state index contributed by atoms with van der Waals surface area (Å²) >= 11 is 3.11. The Kier molecular flexibility index (Phi) is 3.17. The van der Waals surface area contributed by atoms with Crippen LogP contribution in [0.4, 0.5) is 4.39 Å². The molecule has 1 aromatic carbocycles. The minimum Gasteiger partial charge on any atom is -0.278 e. The SMILES string of the molecule is O=C1C2CCCC2C(=O)N1Cc1ccc(F)c(Br)c1. The number of carbonyl (C=O) groups is 2. The standard InChI is InChI=1S/C14H13BrFNO2/c15-11-6-8(4-5-12(11)16)7-17-13(18)9-2-1-3-10(9)14(17)19/h4-6,9-10H,1-3,7H2. The Labute approximate surface area is 118 Å². The van der Waals surface area contributed by atoms with Crippen molar-refractivity contribution in [3.63, 3.8) is 0 Å². The molecule has 0 bridgehead atoms. The van der Waals surface area contributed by atoms with Crippen LogP contribution in [0.15, 0.2) is 22.7 Å². The molecule has 1 heterocycles. The van der Waals surface area contributed by atoms with Crippen molar-refractivity contribution < 1.29 is 14.0 Å². The van der Waals surface area contributed by atoms with Gasteiger partial charge in [0.2, 0.25) is 11.8 Å². The Hall–Kier alpha value is -1.23. The first-order chi connectivity index (χ1) is 9.08. The van der Waals surface area contributed by atoms with Gasteiger partial charge in [-0.1, -0.05) is 12.5 Å². The normalized spacial score (nSPS) is 26.1. The number of fused-ring (bicyclic) bond motifs is 1. The van der Waals surface area contributed by atoms with Gasteiger partial charge < -0.3 is 0 Å². The van der Waals surface area contributed by atoms with Crippen LogP contribution in [0.25, 0.3) is 0 Å². The minimum absolute atomic E-state index is 0.0621. The predicted molar refractivity (Wildman–Crippen MR) is 70.5 cm³/mol. The van der Waals surface area contributed by atoms with E-state index in [4.69, 9.17) is 0 Å². The van der Waals surface area contributed by atoms with E-state index in [9.17, 15) is 14.0 Å². The van der Waals surface area contributed by atoms with Crippen LogP contribution in [0.3, 0.4) is 0 Å². The third-order valence-corrected chi connectivity index (χ3v) is 4.61. The van der Waals surface area contributed by atoms with E-state index in [1.165, 1.54) is 11.0 Å². The Balaban J connectivity index is 1.81. The van der Waals surface area contributed by atoms with Gasteiger partial charge in [-0.05, 0) is 46.5 Å². The second-order valence-corrected chi connectivity index (χ2v) is 6.01. The van der Waals surface area contributed by atoms with Gasteiger partial charge in [0.15, 0.2) is 0 Å². The third kappa shape index (κ3) is 2.10. The van der Waals surface area contributed by atoms with Crippen LogP contribution in [-0.2, 0) is 16.1 Å². The molecule has 1 aromatic rings. The molecule has 1 saturated heterocycles. The number of benzene rings is 1. The Morgan fingerprint density at radius 2 is 1.84 bits per heavy atom. The van der Waals surface area contributed by atoms with E-state index in [0.29, 0.717) is 4.47 Å². The van der Waals surface area contributed by atoms with Crippen LogP contribution in [-0.4, -0.2) is 16.7 Å². The average Bonchev–Trinajstić information content (AvgIpc) is 2.94. The molecular formula is C14H13BrFNO2. The molecule has 1 aliphatic carbocycles. The largest absolute Gasteiger partial charge is 0.278 e. The molecule has 2 aliphatic rings. The van der Waals surface area contributed by atoms with E-state index in [1.807, 2.05) is 0 Å². The Morgan fingerprint density at radius 3 is 2.42 bits per heavy atom. The number of hydrogen-bond donors (Lipinski definition) is 0. The van der Waals surface area contributed by atoms with Crippen LogP contribution in [0.2, 0.25) is 0 Å². The molecule has 2 fully saturated rings. The highest BCUT2D eigenvalue weighted by Gasteiger charge is 2.49. The summed E-state index contributed by atoms with van der Waals surface area (Å²) in [6, 6.07) is 4.56. The number of amides is 2. The fourth-order valence-electron chi connectivity index (χ4n) is 3.04. The number of rotatable bonds is 2. The van der Waals surface area contributed by atoms with Crippen LogP contribution in [0.5, 0.6) is 0 Å². The van der Waals surface area contributed by atoms with Crippen LogP contribution < -0.4 is 0 Å². The molecule has 100 valence electrons. The van der Waals surface area contributed by atoms with E-state index in [-0.39, 0.29) is 36.0 Å². The number of carbonyl (C=O) groups excluding carboxylic acids is 2. The van der Waals surface area contributed by atoms with E-state index in [0.717, 1.165) is 24.8 Å². The van der Waals surface area contributed by atoms with Gasteiger partial charge in [-0.2, -0.15) is 0 Å². The molecule has 2 atom stereocenters. The predicted octanol–water partition coefficient (Wildman–Crippen LogP) is 2.87. The van der Waals surface area contributed by atoms with Crippen molar-refractivity contribution in [2.24, 2.45) is 11.8 Å². The molecule has 1 saturated carbocycles. The van der Waals surface area contributed by atoms with E-state index in [1.54, 1.807) is 12.1 Å². The van der Waals surface area contributed by atoms with Gasteiger partial charge in [0, 0.05) is 0 Å². The fourth-order valence-corrected chi connectivity index (χ4v) is 3.46. The van der Waals surface area contributed by atoms with Crippen molar-refractivity contribution in [3.05, 3.63) is 34.1 Å². The summed E-state index contributed by atoms with van der Waals surface area (Å²) in [4.78, 5) is 25.7. The molecule has 0 spiro atoms. The van der Waals surface area contributed by atoms with Crippen LogP contribution >= 0.6 is 15.9 Å². The number of likely N-dealkylation sites (tertiary alicyclic amines) is 1. The molecule has 0 aromatic heterocycles. The quantitative estimate of drug-likeness (QED) is 0.784. The number of hydrogen-bond acceptors (Lipinski definition) is 2. The van der Waals surface area contributed by atoms with E-state index in [2.05, 4.69) is 15.9 Å². The van der Waals surface area contributed by atoms with Gasteiger partial charge in [-0.25, -0.2) is 4.39 Å². The van der Waals surface area contributed by atoms with E-state index < -0.39 is 0 Å². The van der Waals surface area contributed by atoms with Gasteiger partial charge in [-0.15, -0.1) is 0 Å². The molecule has 2 unspecified atom stereocenters. The molecule has 5 heteroatoms. The van der Waals surface area contributed by atoms with Crippen LogP contribution in [0, 0.1) is 17.7 Å². The zero-order valence-electron chi connectivity index (χ0n) is 10.2. The number of nitrogens with zero attached hydrogens (tertiary/aromatic N) is 1. The molecule has 2 amide bonds. The van der Waals surface area contributed by atoms with Crippen molar-refractivity contribution in [3.8, 4) is 0 Å². The lowest BCUT2D eigenvalue weighted by Gasteiger charge is -2.16. The molecular weight excluding hydrogens is 313 g/mol. The maximum Gasteiger partial charge on any atom is 0.233 e. The van der Waals surface area contributed by atoms with Crippen molar-refractivity contribution in [2.45, 2.75) is 25.8 Å². The van der Waals surface area contributed by atoms with Gasteiger partial charge in [0.25, 0.3) is 0 Å². The summed E-state index contributed by atoms with van der Waals surface area (Å²) in [5.74, 6) is -0.701. The molecule has 19 heavy (non-hydrogen) atoms. The van der Waals surface area contributed by atoms with Gasteiger partial charge in [-0.3, -0.25) is 14.5 Å². The average molecular weight is 326 g/mol. The minimum atomic E-state index is -0.348. The second-order valence-electron chi connectivity index (χ2n) is 5.15. The smallest absolute Gasteiger partial charge is 0.233 e. The maximum atomic E-state index is 13.2. The highest BCUT2D eigenvalue weighted by atomic mass is 79.9.